The average Bonchev–Trinajstić information content (AvgIpc) is 3.24. The van der Waals surface area contributed by atoms with E-state index in [-0.39, 0.29) is 5.91 Å². The predicted molar refractivity (Wildman–Crippen MR) is 122 cm³/mol. The number of hydrogen-bond donors (Lipinski definition) is 1. The van der Waals surface area contributed by atoms with Crippen LogP contribution in [-0.2, 0) is 6.42 Å². The Morgan fingerprint density at radius 3 is 2.50 bits per heavy atom. The van der Waals surface area contributed by atoms with E-state index in [2.05, 4.69) is 56.5 Å². The number of benzene rings is 2. The molecule has 0 radical (unpaired) electrons. The zero-order valence-electron chi connectivity index (χ0n) is 17.1. The molecule has 5 nitrogen and oxygen atoms in total. The molecule has 1 N–H and O–H groups in total. The molecule has 5 rings (SSSR count). The number of carbonyl (C=O) groups is 1. The first-order chi connectivity index (χ1) is 14.8. The van der Waals surface area contributed by atoms with Crippen LogP contribution in [0.2, 0.25) is 0 Å². The minimum absolute atomic E-state index is 0.137. The third-order valence-corrected chi connectivity index (χ3v) is 6.03. The Kier molecular flexibility index (Phi) is 5.10. The van der Waals surface area contributed by atoms with Crippen LogP contribution in [0.5, 0.6) is 0 Å². The summed E-state index contributed by atoms with van der Waals surface area (Å²) in [6.07, 6.45) is 8.29. The number of rotatable bonds is 4. The monoisotopic (exact) mass is 398 g/mol. The number of carbonyl (C=O) groups excluding carboxylic acids is 1. The first kappa shape index (κ1) is 18.7. The van der Waals surface area contributed by atoms with Gasteiger partial charge in [-0.2, -0.15) is 0 Å². The highest BCUT2D eigenvalue weighted by molar-refractivity contribution is 6.04. The van der Waals surface area contributed by atoms with Crippen molar-refractivity contribution in [1.82, 2.24) is 4.98 Å². The van der Waals surface area contributed by atoms with Gasteiger partial charge in [0.25, 0.3) is 5.91 Å². The Labute approximate surface area is 177 Å². The van der Waals surface area contributed by atoms with E-state index in [9.17, 15) is 4.79 Å². The van der Waals surface area contributed by atoms with Gasteiger partial charge in [-0.3, -0.25) is 9.78 Å². The second-order valence-electron chi connectivity index (χ2n) is 8.01. The second-order valence-corrected chi connectivity index (χ2v) is 8.01. The van der Waals surface area contributed by atoms with Gasteiger partial charge in [0, 0.05) is 42.9 Å². The number of amides is 1. The largest absolute Gasteiger partial charge is 0.372 e. The van der Waals surface area contributed by atoms with Crippen LogP contribution in [0.25, 0.3) is 0 Å². The lowest BCUT2D eigenvalue weighted by Crippen LogP contribution is -2.29. The van der Waals surface area contributed by atoms with Gasteiger partial charge in [0.15, 0.2) is 0 Å². The van der Waals surface area contributed by atoms with E-state index in [1.165, 1.54) is 36.2 Å². The molecule has 1 saturated heterocycles. The molecule has 30 heavy (non-hydrogen) atoms. The van der Waals surface area contributed by atoms with E-state index in [1.54, 1.807) is 6.20 Å². The number of anilines is 4. The molecule has 2 aromatic carbocycles. The van der Waals surface area contributed by atoms with Crippen LogP contribution in [0.3, 0.4) is 0 Å². The Balaban J connectivity index is 1.29. The van der Waals surface area contributed by atoms with E-state index in [1.807, 2.05) is 24.4 Å². The summed E-state index contributed by atoms with van der Waals surface area (Å²) in [7, 11) is 0. The van der Waals surface area contributed by atoms with Crippen molar-refractivity contribution >= 4 is 28.7 Å². The van der Waals surface area contributed by atoms with Gasteiger partial charge in [0.05, 0.1) is 17.4 Å². The fraction of sp³-hybridized carbons (Fsp3) is 0.280. The summed E-state index contributed by atoms with van der Waals surface area (Å²) in [6, 6.07) is 18.5. The Bertz CT molecular complexity index is 1040. The van der Waals surface area contributed by atoms with E-state index >= 15 is 0 Å². The molecule has 0 aliphatic carbocycles. The Hall–Kier alpha value is -3.34. The van der Waals surface area contributed by atoms with Gasteiger partial charge < -0.3 is 15.1 Å². The van der Waals surface area contributed by atoms with Crippen LogP contribution in [0.1, 0.15) is 35.2 Å². The minimum atomic E-state index is -0.137. The van der Waals surface area contributed by atoms with Crippen LogP contribution in [0.4, 0.5) is 22.7 Å². The Morgan fingerprint density at radius 1 is 0.867 bits per heavy atom. The summed E-state index contributed by atoms with van der Waals surface area (Å²) < 4.78 is 0. The molecule has 0 bridgehead atoms. The molecule has 0 saturated carbocycles. The molecule has 0 unspecified atom stereocenters. The number of nitrogens with zero attached hydrogens (tertiary/aromatic N) is 3. The number of para-hydroxylation sites is 1. The summed E-state index contributed by atoms with van der Waals surface area (Å²) in [6.45, 7) is 3.14. The first-order valence-corrected chi connectivity index (χ1v) is 10.7. The maximum Gasteiger partial charge on any atom is 0.257 e. The Morgan fingerprint density at radius 2 is 1.67 bits per heavy atom. The first-order valence-electron chi connectivity index (χ1n) is 10.7. The number of fused-ring (bicyclic) bond motifs is 1. The van der Waals surface area contributed by atoms with Gasteiger partial charge >= 0.3 is 0 Å². The lowest BCUT2D eigenvalue weighted by atomic mass is 10.1. The van der Waals surface area contributed by atoms with Crippen molar-refractivity contribution in [3.05, 3.63) is 78.1 Å². The summed E-state index contributed by atoms with van der Waals surface area (Å²) in [5.74, 6) is -0.137. The van der Waals surface area contributed by atoms with Crippen molar-refractivity contribution in [1.29, 1.82) is 0 Å². The molecule has 5 heteroatoms. The highest BCUT2D eigenvalue weighted by Gasteiger charge is 2.21. The number of hydrogen-bond acceptors (Lipinski definition) is 4. The molecule has 2 aliphatic rings. The van der Waals surface area contributed by atoms with E-state index in [0.29, 0.717) is 5.56 Å². The maximum atomic E-state index is 12.8. The fourth-order valence-corrected chi connectivity index (χ4v) is 4.42. The van der Waals surface area contributed by atoms with Crippen LogP contribution < -0.4 is 15.1 Å². The molecule has 1 fully saturated rings. The molecule has 3 heterocycles. The van der Waals surface area contributed by atoms with Gasteiger partial charge in [-0.05, 0) is 67.6 Å². The van der Waals surface area contributed by atoms with Gasteiger partial charge in [-0.15, -0.1) is 0 Å². The lowest BCUT2D eigenvalue weighted by molar-refractivity contribution is 0.102. The highest BCUT2D eigenvalue weighted by Crippen LogP contribution is 2.34. The SMILES string of the molecule is O=C(Nc1ccc(N2CCCCC2)cc1)c1cncc(N2CCc3ccccc32)c1. The zero-order valence-corrected chi connectivity index (χ0v) is 17.1. The minimum Gasteiger partial charge on any atom is -0.372 e. The van der Waals surface area contributed by atoms with Crippen molar-refractivity contribution in [2.75, 3.05) is 34.8 Å². The number of piperidine rings is 1. The normalized spacial score (nSPS) is 15.7. The molecular formula is C25H26N4O. The van der Waals surface area contributed by atoms with Crippen molar-refractivity contribution in [3.8, 4) is 0 Å². The number of aromatic nitrogens is 1. The molecule has 0 spiro atoms. The third-order valence-electron chi connectivity index (χ3n) is 6.03. The summed E-state index contributed by atoms with van der Waals surface area (Å²) in [5.41, 5.74) is 6.08. The highest BCUT2D eigenvalue weighted by atomic mass is 16.1. The number of nitrogens with one attached hydrogen (secondary N) is 1. The quantitative estimate of drug-likeness (QED) is 0.670. The van der Waals surface area contributed by atoms with Gasteiger partial charge in [0.2, 0.25) is 0 Å². The maximum absolute atomic E-state index is 12.8. The molecule has 1 amide bonds. The number of pyridine rings is 1. The van der Waals surface area contributed by atoms with Crippen LogP contribution in [0.15, 0.2) is 67.0 Å². The van der Waals surface area contributed by atoms with Crippen LogP contribution in [-0.4, -0.2) is 30.5 Å². The second kappa shape index (κ2) is 8.19. The predicted octanol–water partition coefficient (Wildman–Crippen LogP) is 5.02. The van der Waals surface area contributed by atoms with Crippen molar-refractivity contribution in [2.45, 2.75) is 25.7 Å². The van der Waals surface area contributed by atoms with Gasteiger partial charge in [0.1, 0.15) is 0 Å². The summed E-state index contributed by atoms with van der Waals surface area (Å²) in [4.78, 5) is 21.8. The fourth-order valence-electron chi connectivity index (χ4n) is 4.42. The van der Waals surface area contributed by atoms with Crippen molar-refractivity contribution in [3.63, 3.8) is 0 Å². The van der Waals surface area contributed by atoms with Crippen LogP contribution >= 0.6 is 0 Å². The molecule has 2 aliphatic heterocycles. The van der Waals surface area contributed by atoms with Crippen LogP contribution in [0, 0.1) is 0 Å². The molecule has 1 aromatic heterocycles. The molecular weight excluding hydrogens is 372 g/mol. The smallest absolute Gasteiger partial charge is 0.257 e. The topological polar surface area (TPSA) is 48.5 Å². The van der Waals surface area contributed by atoms with E-state index < -0.39 is 0 Å². The molecule has 152 valence electrons. The van der Waals surface area contributed by atoms with E-state index in [0.717, 1.165) is 37.4 Å². The van der Waals surface area contributed by atoms with Gasteiger partial charge in [-0.1, -0.05) is 18.2 Å². The zero-order chi connectivity index (χ0) is 20.3. The summed E-state index contributed by atoms with van der Waals surface area (Å²) in [5, 5.41) is 3.01. The van der Waals surface area contributed by atoms with Crippen molar-refractivity contribution in [2.24, 2.45) is 0 Å². The van der Waals surface area contributed by atoms with E-state index in [4.69, 9.17) is 0 Å². The van der Waals surface area contributed by atoms with Crippen molar-refractivity contribution < 1.29 is 4.79 Å². The average molecular weight is 399 g/mol. The lowest BCUT2D eigenvalue weighted by Gasteiger charge is -2.28. The van der Waals surface area contributed by atoms with Gasteiger partial charge in [-0.25, -0.2) is 0 Å². The standard InChI is InChI=1S/C25H26N4O/c30-25(27-21-8-10-22(11-9-21)28-13-4-1-5-14-28)20-16-23(18-26-17-20)29-15-12-19-6-2-3-7-24(19)29/h2-3,6-11,16-18H,1,4-5,12-15H2,(H,27,30). The molecule has 0 atom stereocenters. The third kappa shape index (κ3) is 3.75. The molecule has 3 aromatic rings. The summed E-state index contributed by atoms with van der Waals surface area (Å²) >= 11 is 0.